The van der Waals surface area contributed by atoms with Crippen molar-refractivity contribution in [3.05, 3.63) is 75.8 Å². The maximum absolute atomic E-state index is 12.4. The van der Waals surface area contributed by atoms with Gasteiger partial charge >= 0.3 is 5.97 Å². The van der Waals surface area contributed by atoms with Crippen molar-refractivity contribution in [1.82, 2.24) is 14.9 Å². The van der Waals surface area contributed by atoms with Crippen LogP contribution < -0.4 is 10.9 Å². The molecule has 160 valence electrons. The Bertz CT molecular complexity index is 1180. The third-order valence-corrected chi connectivity index (χ3v) is 5.65. The number of benzene rings is 2. The minimum absolute atomic E-state index is 0.189. The zero-order valence-corrected chi connectivity index (χ0v) is 17.5. The fourth-order valence-corrected chi connectivity index (χ4v) is 3.94. The van der Waals surface area contributed by atoms with Crippen LogP contribution in [0.4, 0.5) is 0 Å². The number of carbonyl (C=O) groups excluding carboxylic acids is 2. The van der Waals surface area contributed by atoms with E-state index in [1.807, 2.05) is 13.0 Å². The van der Waals surface area contributed by atoms with Gasteiger partial charge in [-0.15, -0.1) is 0 Å². The summed E-state index contributed by atoms with van der Waals surface area (Å²) in [6.45, 7) is 1.21. The standard InChI is InChI=1S/C24H25N3O4/c1-16(18-11-10-17-6-2-3-7-19(17)12-18)26-22(28)14-31-23(29)13-27-15-25-21-9-5-4-8-20(21)24(27)30/h4-5,8-12,15-16H,2-3,6-7,13-14H2,1H3,(H,26,28)/t16-/m0/s1. The summed E-state index contributed by atoms with van der Waals surface area (Å²) in [5.41, 5.74) is 4.02. The van der Waals surface area contributed by atoms with Gasteiger partial charge in [0, 0.05) is 0 Å². The number of aryl methyl sites for hydroxylation is 2. The molecule has 1 atom stereocenters. The normalized spacial score (nSPS) is 14.0. The molecule has 1 aliphatic carbocycles. The summed E-state index contributed by atoms with van der Waals surface area (Å²) in [5.74, 6) is -1.06. The number of amides is 1. The second-order valence-corrected chi connectivity index (χ2v) is 7.88. The molecule has 3 aromatic rings. The van der Waals surface area contributed by atoms with E-state index in [4.69, 9.17) is 4.74 Å². The average Bonchev–Trinajstić information content (AvgIpc) is 2.79. The van der Waals surface area contributed by atoms with Gasteiger partial charge in [-0.25, -0.2) is 4.98 Å². The summed E-state index contributed by atoms with van der Waals surface area (Å²) in [7, 11) is 0. The molecule has 0 radical (unpaired) electrons. The lowest BCUT2D eigenvalue weighted by molar-refractivity contribution is -0.149. The fourth-order valence-electron chi connectivity index (χ4n) is 3.94. The monoisotopic (exact) mass is 419 g/mol. The molecule has 1 aliphatic rings. The number of nitrogens with one attached hydrogen (secondary N) is 1. The molecule has 1 amide bonds. The summed E-state index contributed by atoms with van der Waals surface area (Å²) in [4.78, 5) is 41.0. The van der Waals surface area contributed by atoms with E-state index in [9.17, 15) is 14.4 Å². The molecular formula is C24H25N3O4. The number of nitrogens with zero attached hydrogens (tertiary/aromatic N) is 2. The van der Waals surface area contributed by atoms with E-state index < -0.39 is 12.6 Å². The van der Waals surface area contributed by atoms with Crippen LogP contribution in [0.1, 0.15) is 42.5 Å². The van der Waals surface area contributed by atoms with Crippen LogP contribution in [-0.4, -0.2) is 28.0 Å². The van der Waals surface area contributed by atoms with Crippen molar-refractivity contribution in [1.29, 1.82) is 0 Å². The van der Waals surface area contributed by atoms with Gasteiger partial charge in [-0.1, -0.05) is 30.3 Å². The van der Waals surface area contributed by atoms with E-state index in [0.29, 0.717) is 10.9 Å². The molecule has 2 aromatic carbocycles. The highest BCUT2D eigenvalue weighted by Crippen LogP contribution is 2.24. The van der Waals surface area contributed by atoms with Gasteiger partial charge in [-0.2, -0.15) is 0 Å². The SMILES string of the molecule is C[C@H](NC(=O)COC(=O)Cn1cnc2ccccc2c1=O)c1ccc2c(c1)CCCC2. The minimum Gasteiger partial charge on any atom is -0.454 e. The summed E-state index contributed by atoms with van der Waals surface area (Å²) in [5, 5.41) is 3.29. The van der Waals surface area contributed by atoms with Crippen molar-refractivity contribution in [3.8, 4) is 0 Å². The van der Waals surface area contributed by atoms with Crippen LogP contribution in [0.25, 0.3) is 10.9 Å². The zero-order valence-electron chi connectivity index (χ0n) is 17.5. The van der Waals surface area contributed by atoms with E-state index in [1.165, 1.54) is 34.9 Å². The number of hydrogen-bond acceptors (Lipinski definition) is 5. The lowest BCUT2D eigenvalue weighted by atomic mass is 9.89. The maximum Gasteiger partial charge on any atom is 0.326 e. The zero-order chi connectivity index (χ0) is 21.8. The lowest BCUT2D eigenvalue weighted by Crippen LogP contribution is -2.32. The maximum atomic E-state index is 12.4. The van der Waals surface area contributed by atoms with E-state index in [0.717, 1.165) is 18.4 Å². The highest BCUT2D eigenvalue weighted by molar-refractivity contribution is 5.81. The van der Waals surface area contributed by atoms with Crippen molar-refractivity contribution in [3.63, 3.8) is 0 Å². The first-order valence-electron chi connectivity index (χ1n) is 10.5. The molecule has 0 bridgehead atoms. The molecule has 0 unspecified atom stereocenters. The third kappa shape index (κ3) is 4.82. The minimum atomic E-state index is -0.671. The number of aromatic nitrogens is 2. The van der Waals surface area contributed by atoms with Gasteiger partial charge in [-0.3, -0.25) is 19.0 Å². The van der Waals surface area contributed by atoms with Crippen LogP contribution in [0.2, 0.25) is 0 Å². The van der Waals surface area contributed by atoms with E-state index in [2.05, 4.69) is 22.4 Å². The van der Waals surface area contributed by atoms with Crippen molar-refractivity contribution >= 4 is 22.8 Å². The molecule has 0 spiro atoms. The number of esters is 1. The molecule has 0 aliphatic heterocycles. The number of para-hydroxylation sites is 1. The van der Waals surface area contributed by atoms with E-state index in [-0.39, 0.29) is 24.1 Å². The molecule has 0 fully saturated rings. The Hall–Kier alpha value is -3.48. The first-order chi connectivity index (χ1) is 15.0. The molecule has 1 heterocycles. The predicted octanol–water partition coefficient (Wildman–Crippen LogP) is 2.70. The average molecular weight is 419 g/mol. The lowest BCUT2D eigenvalue weighted by Gasteiger charge is -2.20. The number of rotatable bonds is 6. The predicted molar refractivity (Wildman–Crippen MR) is 117 cm³/mol. The van der Waals surface area contributed by atoms with E-state index in [1.54, 1.807) is 24.3 Å². The number of carbonyl (C=O) groups is 2. The van der Waals surface area contributed by atoms with E-state index >= 15 is 0 Å². The van der Waals surface area contributed by atoms with Gasteiger partial charge in [0.25, 0.3) is 11.5 Å². The Kier molecular flexibility index (Phi) is 6.11. The van der Waals surface area contributed by atoms with Gasteiger partial charge in [-0.05, 0) is 61.4 Å². The van der Waals surface area contributed by atoms with Crippen molar-refractivity contribution in [2.24, 2.45) is 0 Å². The topological polar surface area (TPSA) is 90.3 Å². The second-order valence-electron chi connectivity index (χ2n) is 7.88. The molecule has 4 rings (SSSR count). The van der Waals surface area contributed by atoms with Crippen LogP contribution >= 0.6 is 0 Å². The molecule has 1 N–H and O–H groups in total. The molecule has 0 saturated carbocycles. The first-order valence-corrected chi connectivity index (χ1v) is 10.5. The number of hydrogen-bond donors (Lipinski definition) is 1. The number of ether oxygens (including phenoxy) is 1. The van der Waals surface area contributed by atoms with Crippen LogP contribution in [0.5, 0.6) is 0 Å². The smallest absolute Gasteiger partial charge is 0.326 e. The van der Waals surface area contributed by atoms with Crippen LogP contribution in [0.15, 0.2) is 53.6 Å². The molecule has 1 aromatic heterocycles. The first kappa shape index (κ1) is 20.8. The van der Waals surface area contributed by atoms with Crippen molar-refractivity contribution in [2.45, 2.75) is 45.2 Å². The Morgan fingerprint density at radius 2 is 1.90 bits per heavy atom. The Labute approximate surface area is 180 Å². The third-order valence-electron chi connectivity index (χ3n) is 5.65. The van der Waals surface area contributed by atoms with Gasteiger partial charge in [0.15, 0.2) is 6.61 Å². The van der Waals surface area contributed by atoms with Gasteiger partial charge < -0.3 is 10.1 Å². The van der Waals surface area contributed by atoms with Gasteiger partial charge in [0.05, 0.1) is 23.3 Å². The van der Waals surface area contributed by atoms with Crippen LogP contribution in [-0.2, 0) is 33.7 Å². The summed E-state index contributed by atoms with van der Waals surface area (Å²) in [6, 6.07) is 13.1. The van der Waals surface area contributed by atoms with Crippen molar-refractivity contribution < 1.29 is 14.3 Å². The highest BCUT2D eigenvalue weighted by atomic mass is 16.5. The molecule has 31 heavy (non-hydrogen) atoms. The molecular weight excluding hydrogens is 394 g/mol. The Morgan fingerprint density at radius 1 is 1.13 bits per heavy atom. The van der Waals surface area contributed by atoms with Crippen molar-refractivity contribution in [2.75, 3.05) is 6.61 Å². The van der Waals surface area contributed by atoms with Gasteiger partial charge in [0.2, 0.25) is 0 Å². The molecule has 0 saturated heterocycles. The Balaban J connectivity index is 1.31. The summed E-state index contributed by atoms with van der Waals surface area (Å²) < 4.78 is 6.24. The van der Waals surface area contributed by atoms with Gasteiger partial charge in [0.1, 0.15) is 6.54 Å². The molecule has 7 heteroatoms. The Morgan fingerprint density at radius 3 is 2.74 bits per heavy atom. The summed E-state index contributed by atoms with van der Waals surface area (Å²) >= 11 is 0. The molecule has 7 nitrogen and oxygen atoms in total. The van der Waals surface area contributed by atoms with Crippen LogP contribution in [0, 0.1) is 0 Å². The summed E-state index contributed by atoms with van der Waals surface area (Å²) in [6.07, 6.45) is 5.92. The quantitative estimate of drug-likeness (QED) is 0.621. The fraction of sp³-hybridized carbons (Fsp3) is 0.333. The number of fused-ring (bicyclic) bond motifs is 2. The largest absolute Gasteiger partial charge is 0.454 e. The van der Waals surface area contributed by atoms with Crippen LogP contribution in [0.3, 0.4) is 0 Å². The highest BCUT2D eigenvalue weighted by Gasteiger charge is 2.16. The second kappa shape index (κ2) is 9.12.